The molecule has 17 heavy (non-hydrogen) atoms. The molecule has 0 bridgehead atoms. The van der Waals surface area contributed by atoms with Gasteiger partial charge in [0.1, 0.15) is 0 Å². The summed E-state index contributed by atoms with van der Waals surface area (Å²) in [6.45, 7) is 8.76. The van der Waals surface area contributed by atoms with Crippen molar-refractivity contribution in [3.05, 3.63) is 25.3 Å². The van der Waals surface area contributed by atoms with Gasteiger partial charge < -0.3 is 14.6 Å². The van der Waals surface area contributed by atoms with E-state index in [1.165, 1.54) is 0 Å². The van der Waals surface area contributed by atoms with Gasteiger partial charge in [0.25, 0.3) is 0 Å². The second kappa shape index (κ2) is 4.92. The van der Waals surface area contributed by atoms with Gasteiger partial charge in [-0.1, -0.05) is 18.6 Å². The monoisotopic (exact) mass is 238 g/mol. The van der Waals surface area contributed by atoms with Gasteiger partial charge in [0, 0.05) is 6.42 Å². The van der Waals surface area contributed by atoms with E-state index in [2.05, 4.69) is 13.2 Å². The number of aliphatic hydroxyl groups excluding tert-OH is 1. The third kappa shape index (κ3) is 1.86. The third-order valence-corrected chi connectivity index (χ3v) is 4.19. The van der Waals surface area contributed by atoms with Crippen LogP contribution < -0.4 is 0 Å². The minimum absolute atomic E-state index is 0.411. The molecule has 1 spiro atoms. The molecule has 96 valence electrons. The van der Waals surface area contributed by atoms with E-state index in [1.807, 2.05) is 6.08 Å². The molecular weight excluding hydrogens is 216 g/mol. The first-order chi connectivity index (χ1) is 8.21. The number of aliphatic hydroxyl groups is 1. The molecule has 0 amide bonds. The highest BCUT2D eigenvalue weighted by Gasteiger charge is 2.59. The Morgan fingerprint density at radius 1 is 1.18 bits per heavy atom. The smallest absolute Gasteiger partial charge is 0.177 e. The lowest BCUT2D eigenvalue weighted by Gasteiger charge is -2.51. The van der Waals surface area contributed by atoms with Crippen molar-refractivity contribution in [3.63, 3.8) is 0 Å². The third-order valence-electron chi connectivity index (χ3n) is 4.19. The van der Waals surface area contributed by atoms with Gasteiger partial charge >= 0.3 is 0 Å². The number of hydrogen-bond acceptors (Lipinski definition) is 3. The molecule has 1 aliphatic heterocycles. The van der Waals surface area contributed by atoms with Crippen molar-refractivity contribution in [1.29, 1.82) is 0 Å². The Kier molecular flexibility index (Phi) is 3.71. The average molecular weight is 238 g/mol. The van der Waals surface area contributed by atoms with E-state index in [-0.39, 0.29) is 0 Å². The Labute approximate surface area is 103 Å². The first-order valence-electron chi connectivity index (χ1n) is 6.40. The summed E-state index contributed by atoms with van der Waals surface area (Å²) in [5, 5.41) is 10.4. The molecule has 3 heteroatoms. The second-order valence-electron chi connectivity index (χ2n) is 4.99. The largest absolute Gasteiger partial charge is 0.388 e. The van der Waals surface area contributed by atoms with Crippen molar-refractivity contribution in [2.45, 2.75) is 44.0 Å². The molecular formula is C14H22O3. The number of hydrogen-bond donors (Lipinski definition) is 1. The zero-order chi connectivity index (χ0) is 12.4. The predicted molar refractivity (Wildman–Crippen MR) is 66.6 cm³/mol. The predicted octanol–water partition coefficient (Wildman–Crippen LogP) is 2.41. The summed E-state index contributed by atoms with van der Waals surface area (Å²) in [4.78, 5) is 0. The van der Waals surface area contributed by atoms with Crippen molar-refractivity contribution in [1.82, 2.24) is 0 Å². The van der Waals surface area contributed by atoms with Gasteiger partial charge in [0.15, 0.2) is 5.79 Å². The zero-order valence-electron chi connectivity index (χ0n) is 10.4. The summed E-state index contributed by atoms with van der Waals surface area (Å²) in [7, 11) is 0. The molecule has 1 N–H and O–H groups in total. The van der Waals surface area contributed by atoms with Crippen molar-refractivity contribution in [2.75, 3.05) is 13.2 Å². The molecule has 2 atom stereocenters. The Bertz CT molecular complexity index is 294. The normalized spacial score (nSPS) is 33.5. The fourth-order valence-electron chi connectivity index (χ4n) is 3.36. The van der Waals surface area contributed by atoms with Crippen LogP contribution in [0.25, 0.3) is 0 Å². The molecule has 3 nitrogen and oxygen atoms in total. The minimum atomic E-state index is -0.632. The summed E-state index contributed by atoms with van der Waals surface area (Å²) < 4.78 is 11.8. The summed E-state index contributed by atoms with van der Waals surface area (Å²) in [6, 6.07) is 0. The van der Waals surface area contributed by atoms with Gasteiger partial charge in [-0.3, -0.25) is 0 Å². The first kappa shape index (κ1) is 12.8. The molecule has 1 heterocycles. The first-order valence-corrected chi connectivity index (χ1v) is 6.40. The summed E-state index contributed by atoms with van der Waals surface area (Å²) in [5.74, 6) is -0.632. The van der Waals surface area contributed by atoms with Gasteiger partial charge in [-0.05, 0) is 19.3 Å². The Morgan fingerprint density at radius 3 is 2.41 bits per heavy atom. The van der Waals surface area contributed by atoms with Crippen molar-refractivity contribution < 1.29 is 14.6 Å². The highest BCUT2D eigenvalue weighted by atomic mass is 16.7. The molecule has 1 aliphatic carbocycles. The van der Waals surface area contributed by atoms with Gasteiger partial charge in [0.2, 0.25) is 0 Å². The maximum atomic E-state index is 10.4. The molecule has 0 aromatic heterocycles. The maximum absolute atomic E-state index is 10.4. The Balaban J connectivity index is 2.37. The zero-order valence-corrected chi connectivity index (χ0v) is 10.4. The highest BCUT2D eigenvalue weighted by Crippen LogP contribution is 2.54. The van der Waals surface area contributed by atoms with Crippen LogP contribution in [0.5, 0.6) is 0 Å². The number of allylic oxidation sites excluding steroid dienone is 1. The van der Waals surface area contributed by atoms with Crippen LogP contribution in [0.4, 0.5) is 0 Å². The molecule has 2 aliphatic rings. The molecule has 1 saturated heterocycles. The van der Waals surface area contributed by atoms with Gasteiger partial charge in [-0.25, -0.2) is 0 Å². The summed E-state index contributed by atoms with van der Waals surface area (Å²) in [6.07, 6.45) is 7.46. The van der Waals surface area contributed by atoms with Crippen LogP contribution in [0.2, 0.25) is 0 Å². The molecule has 0 aromatic rings. The number of ether oxygens (including phenoxy) is 2. The quantitative estimate of drug-likeness (QED) is 0.764. The maximum Gasteiger partial charge on any atom is 0.177 e. The van der Waals surface area contributed by atoms with E-state index < -0.39 is 17.3 Å². The number of rotatable bonds is 4. The Morgan fingerprint density at radius 2 is 1.82 bits per heavy atom. The fraction of sp³-hybridized carbons (Fsp3) is 0.714. The van der Waals surface area contributed by atoms with E-state index in [9.17, 15) is 5.11 Å². The van der Waals surface area contributed by atoms with Crippen LogP contribution in [0, 0.1) is 5.41 Å². The molecule has 0 aromatic carbocycles. The van der Waals surface area contributed by atoms with E-state index in [0.717, 1.165) is 25.7 Å². The lowest BCUT2D eigenvalue weighted by Crippen LogP contribution is -2.57. The second-order valence-corrected chi connectivity index (χ2v) is 4.99. The molecule has 2 fully saturated rings. The van der Waals surface area contributed by atoms with Crippen LogP contribution in [-0.2, 0) is 9.47 Å². The summed E-state index contributed by atoms with van der Waals surface area (Å²) in [5.41, 5.74) is -0.411. The average Bonchev–Trinajstić information content (AvgIpc) is 2.81. The van der Waals surface area contributed by atoms with Crippen LogP contribution in [-0.4, -0.2) is 30.2 Å². The van der Waals surface area contributed by atoms with E-state index in [1.54, 1.807) is 6.08 Å². The fourth-order valence-corrected chi connectivity index (χ4v) is 3.36. The molecule has 0 unspecified atom stereocenters. The van der Waals surface area contributed by atoms with E-state index in [0.29, 0.717) is 19.6 Å². The van der Waals surface area contributed by atoms with Gasteiger partial charge in [0.05, 0.1) is 24.7 Å². The van der Waals surface area contributed by atoms with Crippen LogP contribution in [0.3, 0.4) is 0 Å². The lowest BCUT2D eigenvalue weighted by molar-refractivity contribution is -0.275. The van der Waals surface area contributed by atoms with Crippen molar-refractivity contribution in [2.24, 2.45) is 5.41 Å². The highest BCUT2D eigenvalue weighted by molar-refractivity contribution is 5.09. The molecule has 1 saturated carbocycles. The van der Waals surface area contributed by atoms with E-state index in [4.69, 9.17) is 9.47 Å². The van der Waals surface area contributed by atoms with Crippen LogP contribution in [0.15, 0.2) is 25.3 Å². The minimum Gasteiger partial charge on any atom is -0.388 e. The van der Waals surface area contributed by atoms with Crippen LogP contribution >= 0.6 is 0 Å². The summed E-state index contributed by atoms with van der Waals surface area (Å²) >= 11 is 0. The molecule has 2 rings (SSSR count). The topological polar surface area (TPSA) is 38.7 Å². The van der Waals surface area contributed by atoms with Crippen molar-refractivity contribution in [3.8, 4) is 0 Å². The molecule has 0 radical (unpaired) electrons. The lowest BCUT2D eigenvalue weighted by atomic mass is 9.63. The Hall–Kier alpha value is -0.640. The van der Waals surface area contributed by atoms with Gasteiger partial charge in [-0.2, -0.15) is 0 Å². The van der Waals surface area contributed by atoms with Crippen molar-refractivity contribution >= 4 is 0 Å². The SMILES string of the molecule is C=CC[C@@]1([C@H](O)C=C)CCCCC12OCCO2. The van der Waals surface area contributed by atoms with Crippen LogP contribution in [0.1, 0.15) is 32.1 Å². The van der Waals surface area contributed by atoms with Gasteiger partial charge in [-0.15, -0.1) is 13.2 Å². The standard InChI is InChI=1S/C14H22O3/c1-3-7-13(12(15)4-2)8-5-6-9-14(13)16-10-11-17-14/h3-4,12,15H,1-2,5-11H2/t12-,13+/m1/s1. The van der Waals surface area contributed by atoms with E-state index >= 15 is 0 Å².